The first-order chi connectivity index (χ1) is 19.3. The fourth-order valence-corrected chi connectivity index (χ4v) is 5.41. The number of alkyl carbamates (subject to hydrolysis) is 1. The lowest BCUT2D eigenvalue weighted by molar-refractivity contribution is 0.0499. The summed E-state index contributed by atoms with van der Waals surface area (Å²) >= 11 is 6.43. The number of aromatic carboxylic acids is 1. The number of hydrogen-bond acceptors (Lipinski definition) is 6. The van der Waals surface area contributed by atoms with Gasteiger partial charge in [0.1, 0.15) is 22.5 Å². The molecule has 4 aromatic rings. The number of amides is 1. The number of hydrogen-bond donors (Lipinski definition) is 2. The van der Waals surface area contributed by atoms with Gasteiger partial charge in [0.2, 0.25) is 5.95 Å². The van der Waals surface area contributed by atoms with Crippen LogP contribution in [0, 0.1) is 5.82 Å². The number of carbonyl (C=O) groups is 2. The van der Waals surface area contributed by atoms with Gasteiger partial charge in [-0.05, 0) is 75.6 Å². The van der Waals surface area contributed by atoms with E-state index in [2.05, 4.69) is 5.32 Å². The summed E-state index contributed by atoms with van der Waals surface area (Å²) in [6, 6.07) is 8.38. The van der Waals surface area contributed by atoms with Crippen LogP contribution < -0.4 is 15.8 Å². The maximum atomic E-state index is 14.2. The van der Waals surface area contributed by atoms with E-state index in [0.717, 1.165) is 12.8 Å². The van der Waals surface area contributed by atoms with Crippen LogP contribution in [0.3, 0.4) is 0 Å². The lowest BCUT2D eigenvalue weighted by Gasteiger charge is -2.34. The highest BCUT2D eigenvalue weighted by Gasteiger charge is 2.29. The fourth-order valence-electron chi connectivity index (χ4n) is 5.23. The van der Waals surface area contributed by atoms with Crippen LogP contribution in [0.5, 0.6) is 0 Å². The number of carbonyl (C=O) groups excluding carboxylic acids is 1. The summed E-state index contributed by atoms with van der Waals surface area (Å²) in [7, 11) is 1.57. The fraction of sp³-hybridized carbons (Fsp3) is 0.379. The van der Waals surface area contributed by atoms with Gasteiger partial charge in [0.15, 0.2) is 0 Å². The van der Waals surface area contributed by atoms with Crippen molar-refractivity contribution in [3.8, 4) is 0 Å². The second-order valence-electron chi connectivity index (χ2n) is 11.3. The molecule has 3 heterocycles. The average molecular weight is 584 g/mol. The van der Waals surface area contributed by atoms with Crippen molar-refractivity contribution in [3.63, 3.8) is 0 Å². The van der Waals surface area contributed by atoms with E-state index in [4.69, 9.17) is 21.3 Å². The van der Waals surface area contributed by atoms with E-state index in [1.165, 1.54) is 34.9 Å². The highest BCUT2D eigenvalue weighted by Crippen LogP contribution is 2.31. The van der Waals surface area contributed by atoms with Crippen LogP contribution >= 0.6 is 11.6 Å². The zero-order chi connectivity index (χ0) is 29.6. The molecular weight excluding hydrogens is 553 g/mol. The number of nitrogens with one attached hydrogen (secondary N) is 1. The number of aromatic nitrogens is 3. The molecule has 0 radical (unpaired) electrons. The van der Waals surface area contributed by atoms with Crippen LogP contribution in [-0.4, -0.2) is 56.0 Å². The van der Waals surface area contributed by atoms with Crippen LogP contribution in [0.15, 0.2) is 41.2 Å². The largest absolute Gasteiger partial charge is 0.478 e. The lowest BCUT2D eigenvalue weighted by atomic mass is 10.1. The highest BCUT2D eigenvalue weighted by atomic mass is 35.5. The molecular formula is C29H31ClFN5O5. The first kappa shape index (κ1) is 28.4. The number of carboxylic acids is 1. The van der Waals surface area contributed by atoms with E-state index in [9.17, 15) is 23.9 Å². The Morgan fingerprint density at radius 3 is 2.68 bits per heavy atom. The molecule has 1 saturated heterocycles. The van der Waals surface area contributed by atoms with Crippen molar-refractivity contribution < 1.29 is 23.8 Å². The molecule has 41 heavy (non-hydrogen) atoms. The van der Waals surface area contributed by atoms with Gasteiger partial charge in [-0.15, -0.1) is 0 Å². The summed E-state index contributed by atoms with van der Waals surface area (Å²) < 4.78 is 22.8. The zero-order valence-corrected chi connectivity index (χ0v) is 24.0. The number of aryl methyl sites for hydroxylation is 1. The topological polar surface area (TPSA) is 119 Å². The monoisotopic (exact) mass is 583 g/mol. The SMILES string of the molecule is Cn1c(=O)c2c(nc(N3CCC[C@@H](NC(=O)OC(C)(C)C)C3)n2Cc2cc(F)ccc2Cl)c2ccc(C(=O)O)cc21. The van der Waals surface area contributed by atoms with Crippen LogP contribution in [0.1, 0.15) is 49.5 Å². The van der Waals surface area contributed by atoms with Crippen LogP contribution in [-0.2, 0) is 18.3 Å². The Hall–Kier alpha value is -4.12. The third kappa shape index (κ3) is 5.72. The molecule has 1 amide bonds. The summed E-state index contributed by atoms with van der Waals surface area (Å²) in [4.78, 5) is 44.8. The number of rotatable bonds is 5. The van der Waals surface area contributed by atoms with E-state index in [1.54, 1.807) is 38.5 Å². The number of pyridine rings is 1. The van der Waals surface area contributed by atoms with Crippen molar-refractivity contribution >= 4 is 51.5 Å². The molecule has 0 saturated carbocycles. The highest BCUT2D eigenvalue weighted by molar-refractivity contribution is 6.31. The Morgan fingerprint density at radius 2 is 1.98 bits per heavy atom. The summed E-state index contributed by atoms with van der Waals surface area (Å²) in [5.41, 5.74) is 0.581. The molecule has 10 nitrogen and oxygen atoms in total. The first-order valence-corrected chi connectivity index (χ1v) is 13.6. The molecule has 2 N–H and O–H groups in total. The smallest absolute Gasteiger partial charge is 0.407 e. The zero-order valence-electron chi connectivity index (χ0n) is 23.2. The minimum atomic E-state index is -1.11. The Kier molecular flexibility index (Phi) is 7.41. The number of halogens is 2. The van der Waals surface area contributed by atoms with E-state index < -0.39 is 23.5 Å². The number of benzene rings is 2. The molecule has 1 fully saturated rings. The Labute approximate surface area is 240 Å². The van der Waals surface area contributed by atoms with Crippen LogP contribution in [0.25, 0.3) is 21.9 Å². The van der Waals surface area contributed by atoms with Crippen molar-refractivity contribution in [1.82, 2.24) is 19.4 Å². The summed E-state index contributed by atoms with van der Waals surface area (Å²) in [6.07, 6.45) is 0.956. The van der Waals surface area contributed by atoms with Gasteiger partial charge in [-0.3, -0.25) is 4.79 Å². The van der Waals surface area contributed by atoms with Gasteiger partial charge in [0.25, 0.3) is 5.56 Å². The van der Waals surface area contributed by atoms with E-state index in [1.807, 2.05) is 4.90 Å². The van der Waals surface area contributed by atoms with E-state index in [-0.39, 0.29) is 29.2 Å². The van der Waals surface area contributed by atoms with Crippen molar-refractivity contribution in [2.75, 3.05) is 18.0 Å². The first-order valence-electron chi connectivity index (χ1n) is 13.3. The number of fused-ring (bicyclic) bond motifs is 3. The average Bonchev–Trinajstić information content (AvgIpc) is 3.27. The molecule has 2 aromatic heterocycles. The third-order valence-electron chi connectivity index (χ3n) is 7.08. The van der Waals surface area contributed by atoms with E-state index in [0.29, 0.717) is 46.0 Å². The molecule has 0 bridgehead atoms. The van der Waals surface area contributed by atoms with Crippen molar-refractivity contribution in [2.45, 2.75) is 51.8 Å². The van der Waals surface area contributed by atoms with Gasteiger partial charge < -0.3 is 29.2 Å². The quantitative estimate of drug-likeness (QED) is 0.342. The standard InChI is InChI=1S/C29H31ClFN5O5/c1-29(2,3)41-28(40)32-19-6-5-11-35(15-19)27-33-23-20-9-7-16(26(38)39)13-22(20)34(4)25(37)24(23)36(27)14-17-12-18(31)8-10-21(17)30/h7-10,12-13,19H,5-6,11,14-15H2,1-4H3,(H,32,40)(H,38,39)/t19-/m1/s1. The molecule has 1 aliphatic rings. The number of imidazole rings is 1. The summed E-state index contributed by atoms with van der Waals surface area (Å²) in [5, 5.41) is 13.4. The number of carboxylic acid groups (broad SMARTS) is 1. The number of anilines is 1. The van der Waals surface area contributed by atoms with Gasteiger partial charge in [-0.1, -0.05) is 11.6 Å². The van der Waals surface area contributed by atoms with Gasteiger partial charge in [-0.2, -0.15) is 0 Å². The van der Waals surface area contributed by atoms with Crippen molar-refractivity contribution in [1.29, 1.82) is 0 Å². The van der Waals surface area contributed by atoms with Gasteiger partial charge in [0, 0.05) is 36.6 Å². The molecule has 0 aliphatic carbocycles. The molecule has 1 aliphatic heterocycles. The number of piperidine rings is 1. The van der Waals surface area contributed by atoms with E-state index >= 15 is 0 Å². The third-order valence-corrected chi connectivity index (χ3v) is 7.45. The normalized spacial score (nSPS) is 15.9. The molecule has 0 spiro atoms. The molecule has 216 valence electrons. The Bertz CT molecular complexity index is 1740. The van der Waals surface area contributed by atoms with Crippen LogP contribution in [0.4, 0.5) is 15.1 Å². The predicted octanol–water partition coefficient (Wildman–Crippen LogP) is 4.92. The predicted molar refractivity (Wildman–Crippen MR) is 155 cm³/mol. The second kappa shape index (κ2) is 10.7. The second-order valence-corrected chi connectivity index (χ2v) is 11.7. The Balaban J connectivity index is 1.65. The maximum Gasteiger partial charge on any atom is 0.407 e. The molecule has 0 unspecified atom stereocenters. The van der Waals surface area contributed by atoms with Crippen molar-refractivity contribution in [3.05, 3.63) is 68.7 Å². The minimum absolute atomic E-state index is 0.0464. The van der Waals surface area contributed by atoms with Gasteiger partial charge in [-0.25, -0.2) is 19.0 Å². The maximum absolute atomic E-state index is 14.2. The number of ether oxygens (including phenoxy) is 1. The lowest BCUT2D eigenvalue weighted by Crippen LogP contribution is -2.49. The van der Waals surface area contributed by atoms with Crippen LogP contribution in [0.2, 0.25) is 5.02 Å². The van der Waals surface area contributed by atoms with Gasteiger partial charge in [0.05, 0.1) is 17.6 Å². The molecule has 1 atom stereocenters. The Morgan fingerprint density at radius 1 is 1.22 bits per heavy atom. The number of nitrogens with zero attached hydrogens (tertiary/aromatic N) is 4. The molecule has 12 heteroatoms. The molecule has 2 aromatic carbocycles. The molecule has 5 rings (SSSR count). The minimum Gasteiger partial charge on any atom is -0.478 e. The summed E-state index contributed by atoms with van der Waals surface area (Å²) in [5.74, 6) is -1.11. The van der Waals surface area contributed by atoms with Crippen molar-refractivity contribution in [2.24, 2.45) is 7.05 Å². The summed E-state index contributed by atoms with van der Waals surface area (Å²) in [6.45, 7) is 6.46. The van der Waals surface area contributed by atoms with Gasteiger partial charge >= 0.3 is 12.1 Å².